The van der Waals surface area contributed by atoms with Crippen molar-refractivity contribution in [2.45, 2.75) is 19.5 Å². The van der Waals surface area contributed by atoms with Crippen LogP contribution in [-0.2, 0) is 6.54 Å². The molecule has 33 heavy (non-hydrogen) atoms. The summed E-state index contributed by atoms with van der Waals surface area (Å²) in [6, 6.07) is 0.495. The van der Waals surface area contributed by atoms with Gasteiger partial charge in [-0.1, -0.05) is 12.2 Å². The third-order valence-corrected chi connectivity index (χ3v) is 5.20. The monoisotopic (exact) mass is 462 g/mol. The average Bonchev–Trinajstić information content (AvgIpc) is 2.76. The first kappa shape index (κ1) is 23.6. The maximum absolute atomic E-state index is 13.8. The maximum Gasteiger partial charge on any atom is 0.278 e. The molecule has 0 saturated carbocycles. The fourth-order valence-corrected chi connectivity index (χ4v) is 3.36. The number of nitrogens with zero attached hydrogens (tertiary/aromatic N) is 3. The number of rotatable bonds is 7. The molecule has 0 spiro atoms. The van der Waals surface area contributed by atoms with Gasteiger partial charge in [0.05, 0.1) is 6.54 Å². The topological polar surface area (TPSA) is 94.9 Å². The van der Waals surface area contributed by atoms with Crippen LogP contribution >= 0.6 is 0 Å². The van der Waals surface area contributed by atoms with Crippen LogP contribution in [0.25, 0.3) is 0 Å². The molecule has 2 heterocycles. The molecule has 1 unspecified atom stereocenters. The lowest BCUT2D eigenvalue weighted by molar-refractivity contribution is 0.0653. The summed E-state index contributed by atoms with van der Waals surface area (Å²) in [4.78, 5) is 39.6. The van der Waals surface area contributed by atoms with Crippen LogP contribution in [0.2, 0.25) is 0 Å². The van der Waals surface area contributed by atoms with Crippen molar-refractivity contribution in [1.29, 1.82) is 0 Å². The lowest BCUT2D eigenvalue weighted by atomic mass is 10.1. The van der Waals surface area contributed by atoms with Crippen LogP contribution < -0.4 is 15.8 Å². The number of fused-ring (bicyclic) bond motifs is 1. The Hall–Kier alpha value is -4.02. The lowest BCUT2D eigenvalue weighted by Crippen LogP contribution is -2.56. The van der Waals surface area contributed by atoms with Crippen molar-refractivity contribution < 1.29 is 27.9 Å². The number of carbonyl (C=O) groups is 2. The van der Waals surface area contributed by atoms with Crippen LogP contribution in [0.4, 0.5) is 13.2 Å². The molecule has 8 nitrogen and oxygen atoms in total. The van der Waals surface area contributed by atoms with Crippen molar-refractivity contribution in [3.8, 4) is 5.75 Å². The Bertz CT molecular complexity index is 1190. The number of hydrogen-bond donors (Lipinski definition) is 2. The number of aromatic nitrogens is 1. The summed E-state index contributed by atoms with van der Waals surface area (Å²) in [7, 11) is 0. The Morgan fingerprint density at radius 3 is 2.45 bits per heavy atom. The molecular weight excluding hydrogens is 441 g/mol. The lowest BCUT2D eigenvalue weighted by Gasteiger charge is -2.41. The summed E-state index contributed by atoms with van der Waals surface area (Å²) in [5, 5.41) is 14.2. The minimum atomic E-state index is -1.21. The van der Waals surface area contributed by atoms with Crippen LogP contribution in [0.5, 0.6) is 5.75 Å². The minimum Gasteiger partial charge on any atom is -0.502 e. The summed E-state index contributed by atoms with van der Waals surface area (Å²) < 4.78 is 41.9. The molecular formula is C22H21F3N4O4. The fraction of sp³-hybridized carbons (Fsp3) is 0.227. The summed E-state index contributed by atoms with van der Waals surface area (Å²) >= 11 is 0. The average molecular weight is 462 g/mol. The highest BCUT2D eigenvalue weighted by molar-refractivity contribution is 5.99. The number of benzene rings is 1. The van der Waals surface area contributed by atoms with E-state index in [9.17, 15) is 32.7 Å². The zero-order chi connectivity index (χ0) is 24.4. The smallest absolute Gasteiger partial charge is 0.278 e. The van der Waals surface area contributed by atoms with Gasteiger partial charge < -0.3 is 15.3 Å². The zero-order valence-electron chi connectivity index (χ0n) is 17.6. The molecule has 0 radical (unpaired) electrons. The Morgan fingerprint density at radius 1 is 1.24 bits per heavy atom. The van der Waals surface area contributed by atoms with E-state index in [1.807, 2.05) is 0 Å². The molecule has 2 N–H and O–H groups in total. The SMILES string of the molecule is C=CCN1CN(C(C)C=C)C(=O)c2c(O)c(=O)c(C(=O)NCc3c(F)cc(F)cc3F)cn21. The molecule has 0 saturated heterocycles. The first-order chi connectivity index (χ1) is 15.6. The second-order valence-electron chi connectivity index (χ2n) is 7.31. The number of hydrogen-bond acceptors (Lipinski definition) is 5. The quantitative estimate of drug-likeness (QED) is 0.614. The molecule has 174 valence electrons. The van der Waals surface area contributed by atoms with Crippen LogP contribution in [0.3, 0.4) is 0 Å². The normalized spacial score (nSPS) is 14.0. The summed E-state index contributed by atoms with van der Waals surface area (Å²) in [6.07, 6.45) is 4.09. The highest BCUT2D eigenvalue weighted by atomic mass is 19.1. The largest absolute Gasteiger partial charge is 0.502 e. The van der Waals surface area contributed by atoms with Gasteiger partial charge in [0.15, 0.2) is 11.4 Å². The van der Waals surface area contributed by atoms with Gasteiger partial charge in [0.1, 0.15) is 29.7 Å². The molecule has 2 aromatic rings. The molecule has 1 aliphatic heterocycles. The third-order valence-electron chi connectivity index (χ3n) is 5.20. The Balaban J connectivity index is 2.00. The number of halogens is 3. The molecule has 0 bridgehead atoms. The van der Waals surface area contributed by atoms with Crippen molar-refractivity contribution in [2.75, 3.05) is 18.2 Å². The Kier molecular flexibility index (Phi) is 6.61. The molecule has 0 aliphatic carbocycles. The van der Waals surface area contributed by atoms with Gasteiger partial charge in [-0.25, -0.2) is 13.2 Å². The van der Waals surface area contributed by atoms with E-state index in [2.05, 4.69) is 18.5 Å². The van der Waals surface area contributed by atoms with Gasteiger partial charge in [-0.2, -0.15) is 0 Å². The Labute approximate surface area is 186 Å². The standard InChI is InChI=1S/C22H21F3N4O4/c1-4-6-27-11-28(12(3)5-2)22(33)18-20(31)19(30)15(10-29(18)27)21(32)26-9-14-16(24)7-13(23)8-17(14)25/h4-5,7-8,10,12,31H,1-2,6,9,11H2,3H3,(H,26,32). The first-order valence-corrected chi connectivity index (χ1v) is 9.80. The molecule has 11 heteroatoms. The van der Waals surface area contributed by atoms with Gasteiger partial charge in [-0.3, -0.25) is 24.1 Å². The Morgan fingerprint density at radius 2 is 1.88 bits per heavy atom. The summed E-state index contributed by atoms with van der Waals surface area (Å²) in [5.41, 5.74) is -2.66. The maximum atomic E-state index is 13.8. The number of carbonyl (C=O) groups excluding carboxylic acids is 2. The van der Waals surface area contributed by atoms with Crippen LogP contribution in [0, 0.1) is 17.5 Å². The molecule has 0 fully saturated rings. The van der Waals surface area contributed by atoms with Crippen molar-refractivity contribution in [2.24, 2.45) is 0 Å². The molecule has 1 aliphatic rings. The molecule has 1 aromatic carbocycles. The predicted octanol–water partition coefficient (Wildman–Crippen LogP) is 2.01. The van der Waals surface area contributed by atoms with Crippen molar-refractivity contribution in [3.63, 3.8) is 0 Å². The van der Waals surface area contributed by atoms with Crippen molar-refractivity contribution >= 4 is 11.8 Å². The van der Waals surface area contributed by atoms with Gasteiger partial charge in [-0.05, 0) is 6.92 Å². The van der Waals surface area contributed by atoms with E-state index in [-0.39, 0.29) is 18.9 Å². The number of amides is 2. The zero-order valence-corrected chi connectivity index (χ0v) is 17.6. The number of pyridine rings is 1. The minimum absolute atomic E-state index is 0.0421. The van der Waals surface area contributed by atoms with Crippen LogP contribution in [0.15, 0.2) is 48.4 Å². The van der Waals surface area contributed by atoms with E-state index < -0.39 is 64.2 Å². The van der Waals surface area contributed by atoms with Gasteiger partial charge >= 0.3 is 0 Å². The van der Waals surface area contributed by atoms with Gasteiger partial charge in [0.2, 0.25) is 5.43 Å². The van der Waals surface area contributed by atoms with Crippen molar-refractivity contribution in [3.05, 3.63) is 88.1 Å². The summed E-state index contributed by atoms with van der Waals surface area (Å²) in [6.45, 7) is 8.54. The van der Waals surface area contributed by atoms with E-state index in [0.717, 1.165) is 6.20 Å². The molecule has 3 rings (SSSR count). The summed E-state index contributed by atoms with van der Waals surface area (Å²) in [5.74, 6) is -6.21. The van der Waals surface area contributed by atoms with Crippen molar-refractivity contribution in [1.82, 2.24) is 14.9 Å². The molecule has 1 atom stereocenters. The fourth-order valence-electron chi connectivity index (χ4n) is 3.36. The van der Waals surface area contributed by atoms with E-state index in [1.165, 1.54) is 21.7 Å². The van der Waals surface area contributed by atoms with E-state index in [4.69, 9.17) is 0 Å². The third kappa shape index (κ3) is 4.34. The van der Waals surface area contributed by atoms with E-state index >= 15 is 0 Å². The predicted molar refractivity (Wildman–Crippen MR) is 114 cm³/mol. The number of nitrogens with one attached hydrogen (secondary N) is 1. The number of aromatic hydroxyl groups is 1. The highest BCUT2D eigenvalue weighted by Crippen LogP contribution is 2.23. The van der Waals surface area contributed by atoms with E-state index in [1.54, 1.807) is 11.9 Å². The van der Waals surface area contributed by atoms with Crippen LogP contribution in [-0.4, -0.2) is 45.8 Å². The van der Waals surface area contributed by atoms with Gasteiger partial charge in [0.25, 0.3) is 11.8 Å². The first-order valence-electron chi connectivity index (χ1n) is 9.80. The van der Waals surface area contributed by atoms with Gasteiger partial charge in [0, 0.05) is 36.5 Å². The molecule has 1 aromatic heterocycles. The second-order valence-corrected chi connectivity index (χ2v) is 7.31. The molecule has 2 amide bonds. The van der Waals surface area contributed by atoms with Gasteiger partial charge in [-0.15, -0.1) is 13.2 Å². The van der Waals surface area contributed by atoms with Crippen LogP contribution in [0.1, 0.15) is 33.3 Å². The van der Waals surface area contributed by atoms with E-state index in [0.29, 0.717) is 12.1 Å². The second kappa shape index (κ2) is 9.23. The highest BCUT2D eigenvalue weighted by Gasteiger charge is 2.35.